The Morgan fingerprint density at radius 3 is 2.42 bits per heavy atom. The van der Waals surface area contributed by atoms with Gasteiger partial charge in [-0.05, 0) is 42.5 Å². The van der Waals surface area contributed by atoms with Crippen LogP contribution in [0.25, 0.3) is 0 Å². The summed E-state index contributed by atoms with van der Waals surface area (Å²) in [7, 11) is 3.40. The van der Waals surface area contributed by atoms with Gasteiger partial charge in [-0.2, -0.15) is 0 Å². The summed E-state index contributed by atoms with van der Waals surface area (Å²) in [5.41, 5.74) is 2.46. The first-order valence-electron chi connectivity index (χ1n) is 8.92. The molecule has 2 N–H and O–H groups in total. The van der Waals surface area contributed by atoms with Crippen molar-refractivity contribution in [1.82, 2.24) is 0 Å². The second-order valence-corrected chi connectivity index (χ2v) is 6.23. The average molecular weight is 352 g/mol. The average Bonchev–Trinajstić information content (AvgIpc) is 3.23. The molecule has 0 aliphatic carbocycles. The van der Waals surface area contributed by atoms with E-state index in [1.807, 2.05) is 36.4 Å². The number of hydrogen-bond acceptors (Lipinski definition) is 3. The fourth-order valence-corrected chi connectivity index (χ4v) is 3.21. The van der Waals surface area contributed by atoms with Crippen molar-refractivity contribution in [1.29, 1.82) is 0 Å². The zero-order valence-corrected chi connectivity index (χ0v) is 15.4. The summed E-state index contributed by atoms with van der Waals surface area (Å²) in [5, 5.41) is 2.33. The van der Waals surface area contributed by atoms with Gasteiger partial charge < -0.3 is 19.2 Å². The molecule has 0 aliphatic rings. The van der Waals surface area contributed by atoms with Crippen molar-refractivity contribution in [3.05, 3.63) is 83.8 Å². The van der Waals surface area contributed by atoms with E-state index in [1.165, 1.54) is 11.1 Å². The highest BCUT2D eigenvalue weighted by Crippen LogP contribution is 2.34. The van der Waals surface area contributed by atoms with E-state index < -0.39 is 0 Å². The molecule has 4 nitrogen and oxygen atoms in total. The molecule has 1 aromatic heterocycles. The molecule has 0 bridgehead atoms. The fourth-order valence-electron chi connectivity index (χ4n) is 3.21. The van der Waals surface area contributed by atoms with Crippen molar-refractivity contribution in [2.24, 2.45) is 0 Å². The van der Waals surface area contributed by atoms with Crippen LogP contribution >= 0.6 is 0 Å². The number of quaternary nitrogens is 1. The molecule has 0 spiro atoms. The van der Waals surface area contributed by atoms with Gasteiger partial charge in [0.15, 0.2) is 0 Å². The first-order valence-corrected chi connectivity index (χ1v) is 8.92. The van der Waals surface area contributed by atoms with Gasteiger partial charge in [0.1, 0.15) is 23.8 Å². The maximum absolute atomic E-state index is 5.71. The lowest BCUT2D eigenvalue weighted by molar-refractivity contribution is -0.671. The van der Waals surface area contributed by atoms with Gasteiger partial charge in [-0.3, -0.25) is 0 Å². The van der Waals surface area contributed by atoms with Crippen LogP contribution in [0.2, 0.25) is 0 Å². The predicted molar refractivity (Wildman–Crippen MR) is 102 cm³/mol. The van der Waals surface area contributed by atoms with Crippen LogP contribution < -0.4 is 14.8 Å². The molecular weight excluding hydrogens is 326 g/mol. The van der Waals surface area contributed by atoms with Gasteiger partial charge in [0.25, 0.3) is 0 Å². The smallest absolute Gasteiger partial charge is 0.122 e. The summed E-state index contributed by atoms with van der Waals surface area (Å²) in [6, 6.07) is 20.4. The minimum Gasteiger partial charge on any atom is -0.497 e. The van der Waals surface area contributed by atoms with Crippen LogP contribution in [0.15, 0.2) is 71.3 Å². The zero-order chi connectivity index (χ0) is 18.2. The summed E-state index contributed by atoms with van der Waals surface area (Å²) in [6.07, 6.45) is 2.71. The topological polar surface area (TPSA) is 48.2 Å². The van der Waals surface area contributed by atoms with E-state index in [9.17, 15) is 0 Å². The number of benzene rings is 2. The van der Waals surface area contributed by atoms with E-state index in [1.54, 1.807) is 20.5 Å². The lowest BCUT2D eigenvalue weighted by Gasteiger charge is -2.17. The molecule has 136 valence electrons. The van der Waals surface area contributed by atoms with Gasteiger partial charge in [-0.25, -0.2) is 0 Å². The molecular formula is C22H26NO3+. The van der Waals surface area contributed by atoms with Crippen LogP contribution in [0, 0.1) is 0 Å². The predicted octanol–water partition coefficient (Wildman–Crippen LogP) is 3.58. The summed E-state index contributed by atoms with van der Waals surface area (Å²) in [5.74, 6) is 2.97. The molecule has 26 heavy (non-hydrogen) atoms. The fraction of sp³-hybridized carbons (Fsp3) is 0.273. The zero-order valence-electron chi connectivity index (χ0n) is 15.4. The summed E-state index contributed by atoms with van der Waals surface area (Å²) in [6.45, 7) is 1.94. The maximum Gasteiger partial charge on any atom is 0.122 e. The first kappa shape index (κ1) is 18.1. The van der Waals surface area contributed by atoms with Crippen molar-refractivity contribution >= 4 is 0 Å². The van der Waals surface area contributed by atoms with Crippen LogP contribution in [0.5, 0.6) is 11.5 Å². The van der Waals surface area contributed by atoms with E-state index >= 15 is 0 Å². The Hall–Kier alpha value is -2.72. The number of rotatable bonds is 9. The number of nitrogens with two attached hydrogens (primary N) is 1. The van der Waals surface area contributed by atoms with E-state index in [0.717, 1.165) is 36.8 Å². The third-order valence-corrected chi connectivity index (χ3v) is 4.60. The van der Waals surface area contributed by atoms with Gasteiger partial charge in [-0.1, -0.05) is 18.2 Å². The normalized spacial score (nSPS) is 11.9. The number of hydrogen-bond donors (Lipinski definition) is 1. The molecule has 1 heterocycles. The quantitative estimate of drug-likeness (QED) is 0.599. The second-order valence-electron chi connectivity index (χ2n) is 6.23. The van der Waals surface area contributed by atoms with Gasteiger partial charge >= 0.3 is 0 Å². The Morgan fingerprint density at radius 1 is 0.923 bits per heavy atom. The standard InChI is InChI=1S/C22H25NO3/c1-24-18-11-9-17(10-12-18)16-23-14-13-20(22-8-5-15-26-22)19-6-3-4-7-21(19)25-2/h3-12,15,20,23H,13-14,16H2,1-2H3/p+1/t20-/m0/s1. The molecule has 4 heteroatoms. The van der Waals surface area contributed by atoms with E-state index in [2.05, 4.69) is 29.6 Å². The largest absolute Gasteiger partial charge is 0.497 e. The molecule has 0 radical (unpaired) electrons. The van der Waals surface area contributed by atoms with Crippen molar-refractivity contribution in [2.45, 2.75) is 18.9 Å². The molecule has 0 unspecified atom stereocenters. The van der Waals surface area contributed by atoms with Crippen molar-refractivity contribution < 1.29 is 19.2 Å². The van der Waals surface area contributed by atoms with E-state index in [-0.39, 0.29) is 5.92 Å². The minimum atomic E-state index is 0.188. The number of ether oxygens (including phenoxy) is 2. The Labute approximate surface area is 154 Å². The van der Waals surface area contributed by atoms with Gasteiger partial charge in [-0.15, -0.1) is 0 Å². The third kappa shape index (κ3) is 4.46. The minimum absolute atomic E-state index is 0.188. The highest BCUT2D eigenvalue weighted by Gasteiger charge is 2.21. The number of para-hydroxylation sites is 1. The Balaban J connectivity index is 1.63. The molecule has 3 aromatic rings. The SMILES string of the molecule is COc1ccc(C[NH2+]CC[C@H](c2ccco2)c2ccccc2OC)cc1. The highest BCUT2D eigenvalue weighted by atomic mass is 16.5. The molecule has 1 atom stereocenters. The second kappa shape index (κ2) is 9.11. The monoisotopic (exact) mass is 352 g/mol. The summed E-state index contributed by atoms with van der Waals surface area (Å²) >= 11 is 0. The van der Waals surface area contributed by atoms with Crippen molar-refractivity contribution in [3.63, 3.8) is 0 Å². The van der Waals surface area contributed by atoms with Gasteiger partial charge in [0.2, 0.25) is 0 Å². The lowest BCUT2D eigenvalue weighted by Crippen LogP contribution is -2.82. The molecule has 0 aliphatic heterocycles. The van der Waals surface area contributed by atoms with Crippen LogP contribution in [-0.2, 0) is 6.54 Å². The van der Waals surface area contributed by atoms with Gasteiger partial charge in [0, 0.05) is 17.5 Å². The van der Waals surface area contributed by atoms with E-state index in [4.69, 9.17) is 13.9 Å². The first-order chi connectivity index (χ1) is 12.8. The molecule has 0 fully saturated rings. The number of furan rings is 1. The van der Waals surface area contributed by atoms with Crippen LogP contribution in [0.1, 0.15) is 29.2 Å². The maximum atomic E-state index is 5.71. The molecule has 0 saturated carbocycles. The Kier molecular flexibility index (Phi) is 6.34. The molecule has 0 amide bonds. The van der Waals surface area contributed by atoms with Crippen molar-refractivity contribution in [2.75, 3.05) is 20.8 Å². The summed E-state index contributed by atoms with van der Waals surface area (Å²) < 4.78 is 16.5. The molecule has 2 aromatic carbocycles. The van der Waals surface area contributed by atoms with Gasteiger partial charge in [0.05, 0.1) is 32.9 Å². The van der Waals surface area contributed by atoms with Crippen LogP contribution in [0.3, 0.4) is 0 Å². The molecule has 3 rings (SSSR count). The van der Waals surface area contributed by atoms with E-state index in [0.29, 0.717) is 0 Å². The Bertz CT molecular complexity index is 781. The number of methoxy groups -OCH3 is 2. The lowest BCUT2D eigenvalue weighted by atomic mass is 9.92. The highest BCUT2D eigenvalue weighted by molar-refractivity contribution is 5.39. The summed E-state index contributed by atoms with van der Waals surface area (Å²) in [4.78, 5) is 0. The van der Waals surface area contributed by atoms with Crippen LogP contribution in [0.4, 0.5) is 0 Å². The van der Waals surface area contributed by atoms with Crippen molar-refractivity contribution in [3.8, 4) is 11.5 Å². The van der Waals surface area contributed by atoms with Crippen LogP contribution in [-0.4, -0.2) is 20.8 Å². The third-order valence-electron chi connectivity index (χ3n) is 4.60. The Morgan fingerprint density at radius 2 is 1.73 bits per heavy atom. The molecule has 0 saturated heterocycles.